The first-order chi connectivity index (χ1) is 12.7. The summed E-state index contributed by atoms with van der Waals surface area (Å²) < 4.78 is 0. The van der Waals surface area contributed by atoms with Crippen molar-refractivity contribution < 1.29 is 0 Å². The minimum atomic E-state index is 0.780. The number of nitrogen functional groups attached to an aromatic ring is 2. The van der Waals surface area contributed by atoms with E-state index in [1.165, 1.54) is 0 Å². The molecule has 0 saturated carbocycles. The van der Waals surface area contributed by atoms with E-state index in [1.54, 1.807) is 0 Å². The number of rotatable bonds is 7. The lowest BCUT2D eigenvalue weighted by Gasteiger charge is -1.93. The molecule has 0 aliphatic rings. The van der Waals surface area contributed by atoms with Gasteiger partial charge >= 0.3 is 0 Å². The molecule has 130 valence electrons. The Labute approximate surface area is 155 Å². The Hall–Kier alpha value is -3.52. The van der Waals surface area contributed by atoms with Gasteiger partial charge in [0.25, 0.3) is 0 Å². The van der Waals surface area contributed by atoms with Gasteiger partial charge in [0, 0.05) is 11.4 Å². The predicted octanol–water partition coefficient (Wildman–Crippen LogP) is 5.80. The molecule has 2 heteroatoms. The van der Waals surface area contributed by atoms with E-state index in [4.69, 9.17) is 11.5 Å². The molecule has 0 saturated heterocycles. The molecule has 0 aliphatic heterocycles. The van der Waals surface area contributed by atoms with Gasteiger partial charge in [-0.1, -0.05) is 97.2 Å². The lowest BCUT2D eigenvalue weighted by atomic mass is 10.2. The number of benzene rings is 2. The normalized spacial score (nSPS) is 12.8. The summed E-state index contributed by atoms with van der Waals surface area (Å²) >= 11 is 0. The zero-order valence-electron chi connectivity index (χ0n) is 14.7. The highest BCUT2D eigenvalue weighted by molar-refractivity contribution is 5.55. The molecule has 0 bridgehead atoms. The Morgan fingerprint density at radius 3 is 0.962 bits per heavy atom. The van der Waals surface area contributed by atoms with Crippen molar-refractivity contribution in [2.75, 3.05) is 11.5 Å². The highest BCUT2D eigenvalue weighted by atomic mass is 14.5. The van der Waals surface area contributed by atoms with E-state index in [9.17, 15) is 0 Å². The number of nitrogens with two attached hydrogens (primary N) is 2. The zero-order chi connectivity index (χ0) is 18.5. The maximum absolute atomic E-state index is 5.65. The lowest BCUT2D eigenvalue weighted by molar-refractivity contribution is 1.64. The van der Waals surface area contributed by atoms with Gasteiger partial charge in [0.15, 0.2) is 0 Å². The standard InChI is InChI=1S/C24H24N2/c25-23-17-13-21(14-18-23)11-9-7-5-3-1-2-4-6-8-10-12-22-15-19-24(26)20-16-22/h1-20H,25-26H2. The molecular formula is C24H24N2. The molecule has 0 fully saturated rings. The molecule has 0 radical (unpaired) electrons. The number of allylic oxidation sites excluding steroid dienone is 10. The second kappa shape index (κ2) is 11.1. The Bertz CT molecular complexity index is 757. The van der Waals surface area contributed by atoms with E-state index in [-0.39, 0.29) is 0 Å². The summed E-state index contributed by atoms with van der Waals surface area (Å²) in [6.45, 7) is 0. The first-order valence-electron chi connectivity index (χ1n) is 8.46. The van der Waals surface area contributed by atoms with E-state index < -0.39 is 0 Å². The third-order valence-electron chi connectivity index (χ3n) is 3.45. The summed E-state index contributed by atoms with van der Waals surface area (Å²) in [5.41, 5.74) is 15.1. The van der Waals surface area contributed by atoms with Crippen molar-refractivity contribution in [1.82, 2.24) is 0 Å². The van der Waals surface area contributed by atoms with E-state index in [0.717, 1.165) is 22.5 Å². The average molecular weight is 340 g/mol. The van der Waals surface area contributed by atoms with Crippen LogP contribution in [0, 0.1) is 0 Å². The van der Waals surface area contributed by atoms with Crippen molar-refractivity contribution in [2.24, 2.45) is 0 Å². The van der Waals surface area contributed by atoms with Crippen molar-refractivity contribution in [3.8, 4) is 0 Å². The van der Waals surface area contributed by atoms with Crippen molar-refractivity contribution in [3.63, 3.8) is 0 Å². The third kappa shape index (κ3) is 7.84. The van der Waals surface area contributed by atoms with Gasteiger partial charge in [0.1, 0.15) is 0 Å². The lowest BCUT2D eigenvalue weighted by Crippen LogP contribution is -1.82. The minimum Gasteiger partial charge on any atom is -0.399 e. The van der Waals surface area contributed by atoms with Gasteiger partial charge in [-0.2, -0.15) is 0 Å². The molecule has 4 N–H and O–H groups in total. The van der Waals surface area contributed by atoms with Gasteiger partial charge in [-0.3, -0.25) is 0 Å². The molecule has 2 nitrogen and oxygen atoms in total. The highest BCUT2D eigenvalue weighted by Crippen LogP contribution is 2.07. The molecule has 2 aromatic rings. The zero-order valence-corrected chi connectivity index (χ0v) is 14.7. The number of hydrogen-bond donors (Lipinski definition) is 2. The van der Waals surface area contributed by atoms with Crippen molar-refractivity contribution in [2.45, 2.75) is 0 Å². The van der Waals surface area contributed by atoms with Gasteiger partial charge < -0.3 is 11.5 Å². The van der Waals surface area contributed by atoms with E-state index in [0.29, 0.717) is 0 Å². The molecule has 0 aliphatic carbocycles. The van der Waals surface area contributed by atoms with Crippen molar-refractivity contribution in [3.05, 3.63) is 120 Å². The molecule has 0 spiro atoms. The Balaban J connectivity index is 1.68. The second-order valence-electron chi connectivity index (χ2n) is 5.59. The van der Waals surface area contributed by atoms with Crippen LogP contribution in [0.15, 0.2) is 109 Å². The number of hydrogen-bond acceptors (Lipinski definition) is 2. The minimum absolute atomic E-state index is 0.780. The first kappa shape index (κ1) is 18.8. The van der Waals surface area contributed by atoms with Gasteiger partial charge in [-0.15, -0.1) is 0 Å². The molecule has 2 rings (SSSR count). The van der Waals surface area contributed by atoms with Crippen LogP contribution in [0.5, 0.6) is 0 Å². The van der Waals surface area contributed by atoms with Crippen LogP contribution in [0.4, 0.5) is 11.4 Å². The monoisotopic (exact) mass is 340 g/mol. The summed E-state index contributed by atoms with van der Waals surface area (Å²) in [5, 5.41) is 0. The highest BCUT2D eigenvalue weighted by Gasteiger charge is 1.85. The largest absolute Gasteiger partial charge is 0.399 e. The smallest absolute Gasteiger partial charge is 0.0314 e. The molecule has 0 amide bonds. The molecular weight excluding hydrogens is 316 g/mol. The van der Waals surface area contributed by atoms with Crippen LogP contribution < -0.4 is 11.5 Å². The Kier molecular flexibility index (Phi) is 8.04. The summed E-state index contributed by atoms with van der Waals surface area (Å²) in [6, 6.07) is 15.6. The molecule has 0 heterocycles. The summed E-state index contributed by atoms with van der Waals surface area (Å²) in [7, 11) is 0. The number of anilines is 2. The fraction of sp³-hybridized carbons (Fsp3) is 0. The fourth-order valence-corrected chi connectivity index (χ4v) is 2.06. The second-order valence-corrected chi connectivity index (χ2v) is 5.59. The first-order valence-corrected chi connectivity index (χ1v) is 8.46. The van der Waals surface area contributed by atoms with Crippen LogP contribution in [0.3, 0.4) is 0 Å². The fourth-order valence-electron chi connectivity index (χ4n) is 2.06. The Morgan fingerprint density at radius 1 is 0.385 bits per heavy atom. The third-order valence-corrected chi connectivity index (χ3v) is 3.45. The van der Waals surface area contributed by atoms with Crippen LogP contribution in [0.25, 0.3) is 12.2 Å². The Morgan fingerprint density at radius 2 is 0.654 bits per heavy atom. The SMILES string of the molecule is Nc1ccc(C=CC=CC=CC=CC=CC=Cc2ccc(N)cc2)cc1. The molecule has 0 unspecified atom stereocenters. The summed E-state index contributed by atoms with van der Waals surface area (Å²) in [5.74, 6) is 0. The molecule has 2 aromatic carbocycles. The van der Waals surface area contributed by atoms with Crippen LogP contribution in [-0.2, 0) is 0 Å². The summed E-state index contributed by atoms with van der Waals surface area (Å²) in [4.78, 5) is 0. The van der Waals surface area contributed by atoms with Crippen molar-refractivity contribution in [1.29, 1.82) is 0 Å². The van der Waals surface area contributed by atoms with Crippen molar-refractivity contribution >= 4 is 23.5 Å². The summed E-state index contributed by atoms with van der Waals surface area (Å²) in [6.07, 6.45) is 24.0. The van der Waals surface area contributed by atoms with Crippen LogP contribution in [0.2, 0.25) is 0 Å². The van der Waals surface area contributed by atoms with Gasteiger partial charge in [-0.25, -0.2) is 0 Å². The van der Waals surface area contributed by atoms with E-state index in [2.05, 4.69) is 0 Å². The van der Waals surface area contributed by atoms with E-state index in [1.807, 2.05) is 121 Å². The molecule has 0 aromatic heterocycles. The van der Waals surface area contributed by atoms with Gasteiger partial charge in [0.05, 0.1) is 0 Å². The quantitative estimate of drug-likeness (QED) is 0.494. The van der Waals surface area contributed by atoms with Crippen LogP contribution in [-0.4, -0.2) is 0 Å². The van der Waals surface area contributed by atoms with Gasteiger partial charge in [-0.05, 0) is 35.4 Å². The van der Waals surface area contributed by atoms with E-state index >= 15 is 0 Å². The maximum atomic E-state index is 5.65. The topological polar surface area (TPSA) is 52.0 Å². The predicted molar refractivity (Wildman–Crippen MR) is 116 cm³/mol. The van der Waals surface area contributed by atoms with Gasteiger partial charge in [0.2, 0.25) is 0 Å². The average Bonchev–Trinajstić information content (AvgIpc) is 2.65. The molecule has 26 heavy (non-hydrogen) atoms. The van der Waals surface area contributed by atoms with Crippen LogP contribution in [0.1, 0.15) is 11.1 Å². The van der Waals surface area contributed by atoms with Crippen LogP contribution >= 0.6 is 0 Å². The maximum Gasteiger partial charge on any atom is 0.0314 e. The molecule has 0 atom stereocenters.